The molecule has 1 aromatic carbocycles. The van der Waals surface area contributed by atoms with Crippen molar-refractivity contribution in [1.82, 2.24) is 9.80 Å². The third-order valence-corrected chi connectivity index (χ3v) is 7.92. The Labute approximate surface area is 165 Å². The molecular formula is C21H35N3O2S. The number of benzene rings is 1. The van der Waals surface area contributed by atoms with Gasteiger partial charge in [0.1, 0.15) is 0 Å². The highest BCUT2D eigenvalue weighted by Crippen LogP contribution is 2.24. The lowest BCUT2D eigenvalue weighted by Crippen LogP contribution is -2.49. The fourth-order valence-electron chi connectivity index (χ4n) is 4.25. The number of hydrogen-bond acceptors (Lipinski definition) is 5. The van der Waals surface area contributed by atoms with Gasteiger partial charge in [0.05, 0.1) is 10.6 Å². The first-order valence-corrected chi connectivity index (χ1v) is 12.1. The fraction of sp³-hybridized carbons (Fsp3) is 0.714. The maximum Gasteiger partial charge on any atom is 0.178 e. The molecule has 0 radical (unpaired) electrons. The molecule has 0 spiro atoms. The molecule has 27 heavy (non-hydrogen) atoms. The Bertz CT molecular complexity index is 704. The zero-order valence-corrected chi connectivity index (χ0v) is 17.9. The molecule has 6 heteroatoms. The second-order valence-electron chi connectivity index (χ2n) is 8.26. The van der Waals surface area contributed by atoms with E-state index in [9.17, 15) is 8.42 Å². The molecule has 0 unspecified atom stereocenters. The summed E-state index contributed by atoms with van der Waals surface area (Å²) in [6.07, 6.45) is 2.63. The van der Waals surface area contributed by atoms with Crippen LogP contribution in [0.4, 0.5) is 5.69 Å². The predicted octanol–water partition coefficient (Wildman–Crippen LogP) is 2.72. The minimum atomic E-state index is -3.14. The Balaban J connectivity index is 1.50. The van der Waals surface area contributed by atoms with Gasteiger partial charge < -0.3 is 9.80 Å². The Kier molecular flexibility index (Phi) is 6.82. The first-order valence-electron chi connectivity index (χ1n) is 10.4. The van der Waals surface area contributed by atoms with Crippen molar-refractivity contribution < 1.29 is 8.42 Å². The first-order chi connectivity index (χ1) is 12.9. The zero-order valence-electron chi connectivity index (χ0n) is 17.1. The molecule has 152 valence electrons. The summed E-state index contributed by atoms with van der Waals surface area (Å²) in [6.45, 7) is 14.0. The van der Waals surface area contributed by atoms with E-state index in [1.54, 1.807) is 13.0 Å². The summed E-state index contributed by atoms with van der Waals surface area (Å²) in [5.41, 5.74) is 1.04. The number of sulfone groups is 1. The quantitative estimate of drug-likeness (QED) is 0.744. The highest BCUT2D eigenvalue weighted by Gasteiger charge is 2.25. The molecule has 1 aromatic rings. The van der Waals surface area contributed by atoms with Crippen molar-refractivity contribution >= 4 is 15.5 Å². The van der Waals surface area contributed by atoms with E-state index in [1.165, 1.54) is 32.5 Å². The number of piperidine rings is 1. The number of hydrogen-bond donors (Lipinski definition) is 0. The number of piperazine rings is 1. The number of rotatable bonds is 6. The van der Waals surface area contributed by atoms with Gasteiger partial charge in [0.25, 0.3) is 0 Å². The van der Waals surface area contributed by atoms with Gasteiger partial charge in [-0.15, -0.1) is 0 Å². The van der Waals surface area contributed by atoms with Crippen molar-refractivity contribution in [1.29, 1.82) is 0 Å². The lowest BCUT2D eigenvalue weighted by atomic mass is 9.95. The molecule has 0 aliphatic carbocycles. The molecule has 2 aliphatic rings. The molecule has 0 aromatic heterocycles. The van der Waals surface area contributed by atoms with Crippen LogP contribution in [-0.4, -0.2) is 75.8 Å². The van der Waals surface area contributed by atoms with Crippen LogP contribution >= 0.6 is 0 Å². The molecular weight excluding hydrogens is 358 g/mol. The average Bonchev–Trinajstić information content (AvgIpc) is 2.69. The summed E-state index contributed by atoms with van der Waals surface area (Å²) in [7, 11) is -3.14. The molecule has 2 saturated heterocycles. The van der Waals surface area contributed by atoms with Gasteiger partial charge in [0.15, 0.2) is 9.84 Å². The maximum atomic E-state index is 12.1. The highest BCUT2D eigenvalue weighted by atomic mass is 32.2. The van der Waals surface area contributed by atoms with E-state index in [4.69, 9.17) is 0 Å². The van der Waals surface area contributed by atoms with Gasteiger partial charge in [-0.1, -0.05) is 13.0 Å². The average molecular weight is 394 g/mol. The Hall–Kier alpha value is -1.11. The van der Waals surface area contributed by atoms with Crippen LogP contribution in [0, 0.1) is 5.92 Å². The minimum absolute atomic E-state index is 0.153. The Morgan fingerprint density at radius 1 is 1.04 bits per heavy atom. The summed E-state index contributed by atoms with van der Waals surface area (Å²) in [5.74, 6) is 0.976. The van der Waals surface area contributed by atoms with E-state index in [1.807, 2.05) is 18.2 Å². The number of likely N-dealkylation sites (tertiary alicyclic amines) is 1. The van der Waals surface area contributed by atoms with Crippen LogP contribution in [0.2, 0.25) is 0 Å². The van der Waals surface area contributed by atoms with Crippen LogP contribution in [0.15, 0.2) is 29.2 Å². The normalized spacial score (nSPS) is 21.1. The summed E-state index contributed by atoms with van der Waals surface area (Å²) >= 11 is 0. The molecule has 3 rings (SSSR count). The van der Waals surface area contributed by atoms with Crippen molar-refractivity contribution in [3.63, 3.8) is 0 Å². The van der Waals surface area contributed by atoms with E-state index in [0.717, 1.165) is 37.8 Å². The third kappa shape index (κ3) is 5.24. The SMILES string of the molecule is CCS(=O)(=O)c1cccc(N2CCN(CC3CCN(C(C)C)CC3)CC2)c1. The van der Waals surface area contributed by atoms with Crippen molar-refractivity contribution in [2.45, 2.75) is 44.6 Å². The molecule has 0 bridgehead atoms. The molecule has 2 fully saturated rings. The van der Waals surface area contributed by atoms with Gasteiger partial charge >= 0.3 is 0 Å². The smallest absolute Gasteiger partial charge is 0.178 e. The lowest BCUT2D eigenvalue weighted by molar-refractivity contribution is 0.119. The maximum absolute atomic E-state index is 12.1. The Morgan fingerprint density at radius 2 is 1.70 bits per heavy atom. The van der Waals surface area contributed by atoms with Crippen molar-refractivity contribution in [3.05, 3.63) is 24.3 Å². The van der Waals surface area contributed by atoms with Crippen molar-refractivity contribution in [3.8, 4) is 0 Å². The third-order valence-electron chi connectivity index (χ3n) is 6.19. The van der Waals surface area contributed by atoms with Crippen LogP contribution in [0.3, 0.4) is 0 Å². The van der Waals surface area contributed by atoms with Crippen LogP contribution in [0.5, 0.6) is 0 Å². The molecule has 0 saturated carbocycles. The van der Waals surface area contributed by atoms with E-state index in [2.05, 4.69) is 28.5 Å². The Morgan fingerprint density at radius 3 is 2.30 bits per heavy atom. The molecule has 0 N–H and O–H groups in total. The van der Waals surface area contributed by atoms with Gasteiger partial charge in [-0.05, 0) is 63.9 Å². The summed E-state index contributed by atoms with van der Waals surface area (Å²) in [6, 6.07) is 8.12. The summed E-state index contributed by atoms with van der Waals surface area (Å²) in [5, 5.41) is 0. The van der Waals surface area contributed by atoms with Gasteiger partial charge in [0, 0.05) is 44.5 Å². The molecule has 0 atom stereocenters. The van der Waals surface area contributed by atoms with E-state index >= 15 is 0 Å². The number of anilines is 1. The highest BCUT2D eigenvalue weighted by molar-refractivity contribution is 7.91. The van der Waals surface area contributed by atoms with Crippen LogP contribution in [-0.2, 0) is 9.84 Å². The molecule has 2 heterocycles. The van der Waals surface area contributed by atoms with E-state index in [-0.39, 0.29) is 5.75 Å². The predicted molar refractivity (Wildman–Crippen MR) is 112 cm³/mol. The second-order valence-corrected chi connectivity index (χ2v) is 10.5. The largest absolute Gasteiger partial charge is 0.369 e. The van der Waals surface area contributed by atoms with Crippen LogP contribution < -0.4 is 4.90 Å². The van der Waals surface area contributed by atoms with E-state index in [0.29, 0.717) is 10.9 Å². The van der Waals surface area contributed by atoms with Gasteiger partial charge in [-0.25, -0.2) is 8.42 Å². The summed E-state index contributed by atoms with van der Waals surface area (Å²) in [4.78, 5) is 7.96. The van der Waals surface area contributed by atoms with Gasteiger partial charge in [0.2, 0.25) is 0 Å². The molecule has 0 amide bonds. The van der Waals surface area contributed by atoms with Crippen molar-refractivity contribution in [2.24, 2.45) is 5.92 Å². The minimum Gasteiger partial charge on any atom is -0.369 e. The standard InChI is InChI=1S/C21H35N3O2S/c1-4-27(25,26)21-7-5-6-20(16-21)24-14-12-22(13-15-24)17-19-8-10-23(11-9-19)18(2)3/h5-7,16,18-19H,4,8-15,17H2,1-3H3. The topological polar surface area (TPSA) is 43.9 Å². The summed E-state index contributed by atoms with van der Waals surface area (Å²) < 4.78 is 24.3. The second kappa shape index (κ2) is 8.93. The van der Waals surface area contributed by atoms with Crippen molar-refractivity contribution in [2.75, 3.05) is 56.5 Å². The molecule has 5 nitrogen and oxygen atoms in total. The molecule has 2 aliphatic heterocycles. The first kappa shape index (κ1) is 20.6. The van der Waals surface area contributed by atoms with Gasteiger partial charge in [-0.3, -0.25) is 4.90 Å². The fourth-order valence-corrected chi connectivity index (χ4v) is 5.17. The van der Waals surface area contributed by atoms with Gasteiger partial charge in [-0.2, -0.15) is 0 Å². The number of nitrogens with zero attached hydrogens (tertiary/aromatic N) is 3. The van der Waals surface area contributed by atoms with E-state index < -0.39 is 9.84 Å². The zero-order chi connectivity index (χ0) is 19.4. The monoisotopic (exact) mass is 393 g/mol. The lowest BCUT2D eigenvalue weighted by Gasteiger charge is -2.40. The van der Waals surface area contributed by atoms with Crippen LogP contribution in [0.25, 0.3) is 0 Å². The van der Waals surface area contributed by atoms with Crippen LogP contribution in [0.1, 0.15) is 33.6 Å².